The fraction of sp³-hybridized carbons (Fsp3) is 0.250. The van der Waals surface area contributed by atoms with Crippen LogP contribution in [0.1, 0.15) is 25.8 Å². The van der Waals surface area contributed by atoms with Crippen LogP contribution in [0.5, 0.6) is 17.2 Å². The lowest BCUT2D eigenvalue weighted by atomic mass is 10.2. The van der Waals surface area contributed by atoms with Gasteiger partial charge in [-0.25, -0.2) is 0 Å². The average molecular weight is 341 g/mol. The highest BCUT2D eigenvalue weighted by Gasteiger charge is 2.05. The van der Waals surface area contributed by atoms with E-state index in [1.807, 2.05) is 32.0 Å². The van der Waals surface area contributed by atoms with E-state index in [0.717, 1.165) is 12.0 Å². The molecule has 2 rings (SSSR count). The number of phenols is 1. The van der Waals surface area contributed by atoms with E-state index in [-0.39, 0.29) is 11.7 Å². The van der Waals surface area contributed by atoms with Gasteiger partial charge in [0.15, 0.2) is 11.5 Å². The van der Waals surface area contributed by atoms with E-state index in [4.69, 9.17) is 9.47 Å². The quantitative estimate of drug-likeness (QED) is 0.557. The molecule has 0 unspecified atom stereocenters. The number of rotatable bonds is 8. The van der Waals surface area contributed by atoms with Gasteiger partial charge in [-0.15, -0.1) is 0 Å². The van der Waals surface area contributed by atoms with Gasteiger partial charge in [-0.05, 0) is 61.4 Å². The largest absolute Gasteiger partial charge is 0.508 e. The van der Waals surface area contributed by atoms with Gasteiger partial charge in [0.1, 0.15) is 5.75 Å². The first-order chi connectivity index (χ1) is 12.1. The summed E-state index contributed by atoms with van der Waals surface area (Å²) in [4.78, 5) is 12.0. The molecule has 0 saturated carbocycles. The number of amides is 1. The summed E-state index contributed by atoms with van der Waals surface area (Å²) >= 11 is 0. The molecule has 0 saturated heterocycles. The second kappa shape index (κ2) is 9.37. The summed E-state index contributed by atoms with van der Waals surface area (Å²) in [6.07, 6.45) is 4.08. The zero-order chi connectivity index (χ0) is 18.1. The highest BCUT2D eigenvalue weighted by atomic mass is 16.5. The third-order valence-corrected chi connectivity index (χ3v) is 3.29. The van der Waals surface area contributed by atoms with E-state index in [1.54, 1.807) is 18.2 Å². The minimum Gasteiger partial charge on any atom is -0.508 e. The number of aromatic hydroxyl groups is 1. The topological polar surface area (TPSA) is 67.8 Å². The van der Waals surface area contributed by atoms with E-state index in [2.05, 4.69) is 5.32 Å². The van der Waals surface area contributed by atoms with Crippen molar-refractivity contribution in [3.05, 3.63) is 54.1 Å². The van der Waals surface area contributed by atoms with Crippen LogP contribution in [-0.2, 0) is 4.79 Å². The molecule has 1 amide bonds. The van der Waals surface area contributed by atoms with Crippen LogP contribution in [0, 0.1) is 0 Å². The molecule has 132 valence electrons. The van der Waals surface area contributed by atoms with Crippen molar-refractivity contribution in [1.82, 2.24) is 0 Å². The molecule has 2 N–H and O–H groups in total. The van der Waals surface area contributed by atoms with Gasteiger partial charge >= 0.3 is 0 Å². The molecule has 5 heteroatoms. The average Bonchev–Trinajstić information content (AvgIpc) is 2.61. The molecule has 0 atom stereocenters. The Labute approximate surface area is 147 Å². The lowest BCUT2D eigenvalue weighted by Crippen LogP contribution is -2.07. The van der Waals surface area contributed by atoms with Crippen LogP contribution in [0.3, 0.4) is 0 Å². The predicted octanol–water partition coefficient (Wildman–Crippen LogP) is 4.23. The molecule has 2 aromatic rings. The maximum absolute atomic E-state index is 12.0. The van der Waals surface area contributed by atoms with E-state index >= 15 is 0 Å². The Balaban J connectivity index is 2.04. The Bertz CT molecular complexity index is 723. The number of hydrogen-bond acceptors (Lipinski definition) is 4. The van der Waals surface area contributed by atoms with Crippen molar-refractivity contribution in [3.63, 3.8) is 0 Å². The maximum Gasteiger partial charge on any atom is 0.248 e. The molecule has 0 aliphatic rings. The Kier molecular flexibility index (Phi) is 6.89. The Morgan fingerprint density at radius 1 is 1.08 bits per heavy atom. The summed E-state index contributed by atoms with van der Waals surface area (Å²) in [5, 5.41) is 12.0. The van der Waals surface area contributed by atoms with Gasteiger partial charge < -0.3 is 19.9 Å². The first-order valence-corrected chi connectivity index (χ1v) is 8.30. The van der Waals surface area contributed by atoms with Gasteiger partial charge in [0.2, 0.25) is 5.91 Å². The first-order valence-electron chi connectivity index (χ1n) is 8.30. The first kappa shape index (κ1) is 18.4. The highest BCUT2D eigenvalue weighted by Crippen LogP contribution is 2.29. The summed E-state index contributed by atoms with van der Waals surface area (Å²) in [7, 11) is 0. The minimum atomic E-state index is -0.255. The fourth-order valence-electron chi connectivity index (χ4n) is 2.13. The molecule has 0 aliphatic carbocycles. The number of hydrogen-bond donors (Lipinski definition) is 2. The number of carbonyl (C=O) groups is 1. The molecule has 0 spiro atoms. The van der Waals surface area contributed by atoms with E-state index < -0.39 is 0 Å². The standard InChI is InChI=1S/C20H23NO4/c1-3-13-25-18-11-5-15(14-19(18)24-4-2)6-12-20(23)21-16-7-9-17(22)10-8-16/h5-12,14,22H,3-4,13H2,1-2H3,(H,21,23)/b12-6+. The van der Waals surface area contributed by atoms with Crippen LogP contribution in [0.25, 0.3) is 6.08 Å². The second-order valence-electron chi connectivity index (χ2n) is 5.36. The number of anilines is 1. The zero-order valence-corrected chi connectivity index (χ0v) is 14.5. The van der Waals surface area contributed by atoms with Crippen molar-refractivity contribution < 1.29 is 19.4 Å². The smallest absolute Gasteiger partial charge is 0.248 e. The van der Waals surface area contributed by atoms with E-state index in [1.165, 1.54) is 18.2 Å². The van der Waals surface area contributed by atoms with Crippen LogP contribution in [-0.4, -0.2) is 24.2 Å². The van der Waals surface area contributed by atoms with Gasteiger partial charge in [-0.1, -0.05) is 13.0 Å². The van der Waals surface area contributed by atoms with Gasteiger partial charge in [0.25, 0.3) is 0 Å². The van der Waals surface area contributed by atoms with Crippen molar-refractivity contribution in [2.75, 3.05) is 18.5 Å². The summed E-state index contributed by atoms with van der Waals surface area (Å²) in [5.41, 5.74) is 1.46. The number of nitrogens with one attached hydrogen (secondary N) is 1. The lowest BCUT2D eigenvalue weighted by molar-refractivity contribution is -0.111. The Hall–Kier alpha value is -2.95. The monoisotopic (exact) mass is 341 g/mol. The molecule has 0 heterocycles. The molecular formula is C20H23NO4. The number of carbonyl (C=O) groups excluding carboxylic acids is 1. The number of ether oxygens (including phenoxy) is 2. The molecule has 5 nitrogen and oxygen atoms in total. The van der Waals surface area contributed by atoms with E-state index in [0.29, 0.717) is 30.4 Å². The van der Waals surface area contributed by atoms with Crippen molar-refractivity contribution in [2.24, 2.45) is 0 Å². The van der Waals surface area contributed by atoms with Crippen molar-refractivity contribution in [3.8, 4) is 17.2 Å². The molecule has 2 aromatic carbocycles. The molecule has 0 radical (unpaired) electrons. The molecule has 0 fully saturated rings. The Morgan fingerprint density at radius 2 is 1.84 bits per heavy atom. The molecular weight excluding hydrogens is 318 g/mol. The molecule has 0 bridgehead atoms. The van der Waals surface area contributed by atoms with Gasteiger partial charge in [-0.2, -0.15) is 0 Å². The maximum atomic E-state index is 12.0. The Morgan fingerprint density at radius 3 is 2.52 bits per heavy atom. The summed E-state index contributed by atoms with van der Waals surface area (Å²) in [5.74, 6) is 1.27. The molecule has 25 heavy (non-hydrogen) atoms. The zero-order valence-electron chi connectivity index (χ0n) is 14.5. The van der Waals surface area contributed by atoms with Gasteiger partial charge in [-0.3, -0.25) is 4.79 Å². The minimum absolute atomic E-state index is 0.155. The van der Waals surface area contributed by atoms with Crippen molar-refractivity contribution in [2.45, 2.75) is 20.3 Å². The third-order valence-electron chi connectivity index (χ3n) is 3.29. The number of benzene rings is 2. The fourth-order valence-corrected chi connectivity index (χ4v) is 2.13. The summed E-state index contributed by atoms with van der Waals surface area (Å²) in [6.45, 7) is 5.13. The second-order valence-corrected chi connectivity index (χ2v) is 5.36. The van der Waals surface area contributed by atoms with Crippen LogP contribution in [0.15, 0.2) is 48.5 Å². The van der Waals surface area contributed by atoms with Crippen LogP contribution < -0.4 is 14.8 Å². The van der Waals surface area contributed by atoms with Gasteiger partial charge in [0, 0.05) is 11.8 Å². The third kappa shape index (κ3) is 5.88. The summed E-state index contributed by atoms with van der Waals surface area (Å²) in [6, 6.07) is 11.9. The lowest BCUT2D eigenvalue weighted by Gasteiger charge is -2.12. The van der Waals surface area contributed by atoms with Crippen molar-refractivity contribution in [1.29, 1.82) is 0 Å². The SMILES string of the molecule is CCCOc1ccc(/C=C/C(=O)Nc2ccc(O)cc2)cc1OCC. The van der Waals surface area contributed by atoms with Crippen LogP contribution in [0.2, 0.25) is 0 Å². The van der Waals surface area contributed by atoms with Gasteiger partial charge in [0.05, 0.1) is 13.2 Å². The van der Waals surface area contributed by atoms with Crippen molar-refractivity contribution >= 4 is 17.7 Å². The number of phenolic OH excluding ortho intramolecular Hbond substituents is 1. The normalized spacial score (nSPS) is 10.6. The van der Waals surface area contributed by atoms with E-state index in [9.17, 15) is 9.90 Å². The predicted molar refractivity (Wildman–Crippen MR) is 99.2 cm³/mol. The highest BCUT2D eigenvalue weighted by molar-refractivity contribution is 6.01. The molecule has 0 aromatic heterocycles. The summed E-state index contributed by atoms with van der Waals surface area (Å²) < 4.78 is 11.3. The van der Waals surface area contributed by atoms with Crippen LogP contribution in [0.4, 0.5) is 5.69 Å². The molecule has 0 aliphatic heterocycles. The van der Waals surface area contributed by atoms with Crippen LogP contribution >= 0.6 is 0 Å².